The summed E-state index contributed by atoms with van der Waals surface area (Å²) < 4.78 is -0.0916. The van der Waals surface area contributed by atoms with Gasteiger partial charge in [0.25, 0.3) is 0 Å². The van der Waals surface area contributed by atoms with Crippen LogP contribution in [0.15, 0.2) is 76.5 Å². The fourth-order valence-corrected chi connectivity index (χ4v) is 4.12. The minimum absolute atomic E-state index is 0.0315. The Labute approximate surface area is 220 Å². The summed E-state index contributed by atoms with van der Waals surface area (Å²) in [5, 5.41) is 3.11. The van der Waals surface area contributed by atoms with Crippen molar-refractivity contribution >= 4 is 34.7 Å². The molecular weight excluding hydrogens is 533 g/mol. The van der Waals surface area contributed by atoms with Crippen molar-refractivity contribution in [2.45, 2.75) is 82.1 Å². The molecule has 5 heteroatoms. The maximum Gasteiger partial charge on any atom is 0.249 e. The number of aliphatic imine (C=N–C) groups is 1. The Hall–Kier alpha value is -1.89. The molecule has 2 aliphatic carbocycles. The Kier molecular flexibility index (Phi) is 11.6. The molecule has 0 radical (unpaired) electrons. The lowest BCUT2D eigenvalue weighted by molar-refractivity contribution is -0.121. The van der Waals surface area contributed by atoms with Crippen molar-refractivity contribution in [3.05, 3.63) is 71.5 Å². The predicted octanol–water partition coefficient (Wildman–Crippen LogP) is 6.90. The third kappa shape index (κ3) is 9.40. The summed E-state index contributed by atoms with van der Waals surface area (Å²) >= 11 is 2.39. The zero-order valence-electron chi connectivity index (χ0n) is 21.3. The summed E-state index contributed by atoms with van der Waals surface area (Å²) in [5.74, 6) is -0.0723. The molecule has 0 aromatic rings. The number of hydrogen-bond donors (Lipinski definition) is 2. The van der Waals surface area contributed by atoms with Gasteiger partial charge in [0.1, 0.15) is 0 Å². The molecule has 0 aromatic carbocycles. The number of carbonyl (C=O) groups is 1. The monoisotopic (exact) mass is 575 g/mol. The van der Waals surface area contributed by atoms with Crippen molar-refractivity contribution < 1.29 is 4.79 Å². The van der Waals surface area contributed by atoms with Crippen LogP contribution < -0.4 is 11.1 Å². The first-order valence-electron chi connectivity index (χ1n) is 12.7. The number of amides is 1. The minimum atomic E-state index is -0.621. The number of hydrogen-bond acceptors (Lipinski definition) is 3. The molecule has 3 unspecified atom stereocenters. The van der Waals surface area contributed by atoms with E-state index in [0.29, 0.717) is 12.2 Å². The summed E-state index contributed by atoms with van der Waals surface area (Å²) in [5.41, 5.74) is 8.64. The van der Waals surface area contributed by atoms with Gasteiger partial charge in [-0.3, -0.25) is 9.79 Å². The van der Waals surface area contributed by atoms with Crippen LogP contribution in [0, 0.1) is 5.41 Å². The minimum Gasteiger partial charge on any atom is -0.398 e. The summed E-state index contributed by atoms with van der Waals surface area (Å²) in [4.78, 5) is 18.0. The Bertz CT molecular complexity index is 904. The van der Waals surface area contributed by atoms with Crippen LogP contribution in [0.5, 0.6) is 0 Å². The average Bonchev–Trinajstić information content (AvgIpc) is 3.07. The second-order valence-electron chi connectivity index (χ2n) is 9.69. The third-order valence-corrected chi connectivity index (χ3v) is 7.17. The number of carbonyl (C=O) groups excluding carboxylic acids is 1. The number of rotatable bonds is 12. The van der Waals surface area contributed by atoms with E-state index in [-0.39, 0.29) is 14.7 Å². The lowest BCUT2D eigenvalue weighted by Crippen LogP contribution is -2.35. The van der Waals surface area contributed by atoms with Gasteiger partial charge in [0.2, 0.25) is 5.91 Å². The SMILES string of the molecule is CCCCCCCCNC(=O)C(N=CC1=C(N)C=CC(C)(CC)C=C1)C1=CC=CC(C)(I)C=C1. The summed E-state index contributed by atoms with van der Waals surface area (Å²) in [6.45, 7) is 9.37. The summed E-state index contributed by atoms with van der Waals surface area (Å²) in [6.07, 6.45) is 28.4. The molecule has 2 rings (SSSR count). The highest BCUT2D eigenvalue weighted by molar-refractivity contribution is 14.1. The van der Waals surface area contributed by atoms with E-state index < -0.39 is 6.04 Å². The van der Waals surface area contributed by atoms with Crippen molar-refractivity contribution in [1.82, 2.24) is 5.32 Å². The molecule has 2 aliphatic rings. The number of unbranched alkanes of at least 4 members (excludes halogenated alkanes) is 5. The molecule has 0 saturated carbocycles. The molecule has 0 bridgehead atoms. The molecular formula is C29H42IN3O. The number of alkyl halides is 1. The van der Waals surface area contributed by atoms with E-state index in [1.54, 1.807) is 6.21 Å². The molecule has 0 aliphatic heterocycles. The zero-order chi connectivity index (χ0) is 25.0. The van der Waals surface area contributed by atoms with Gasteiger partial charge in [-0.05, 0) is 31.4 Å². The first-order chi connectivity index (χ1) is 16.2. The number of nitrogens with zero attached hydrogens (tertiary/aromatic N) is 1. The van der Waals surface area contributed by atoms with Crippen LogP contribution >= 0.6 is 22.6 Å². The molecule has 34 heavy (non-hydrogen) atoms. The fraction of sp³-hybridized carbons (Fsp3) is 0.517. The summed E-state index contributed by atoms with van der Waals surface area (Å²) in [6, 6.07) is -0.621. The van der Waals surface area contributed by atoms with Gasteiger partial charge in [0.15, 0.2) is 6.04 Å². The van der Waals surface area contributed by atoms with Gasteiger partial charge < -0.3 is 11.1 Å². The molecule has 186 valence electrons. The molecule has 3 atom stereocenters. The first-order valence-corrected chi connectivity index (χ1v) is 13.7. The van der Waals surface area contributed by atoms with Gasteiger partial charge >= 0.3 is 0 Å². The Morgan fingerprint density at radius 3 is 2.50 bits per heavy atom. The van der Waals surface area contributed by atoms with Gasteiger partial charge in [0.05, 0.1) is 3.42 Å². The maximum atomic E-state index is 13.2. The van der Waals surface area contributed by atoms with Crippen molar-refractivity contribution in [1.29, 1.82) is 0 Å². The number of allylic oxidation sites excluding steroid dienone is 9. The summed E-state index contributed by atoms with van der Waals surface area (Å²) in [7, 11) is 0. The number of halogens is 1. The first kappa shape index (κ1) is 28.3. The van der Waals surface area contributed by atoms with E-state index in [1.165, 1.54) is 25.7 Å². The van der Waals surface area contributed by atoms with Crippen molar-refractivity contribution in [3.63, 3.8) is 0 Å². The normalized spacial score (nSPS) is 25.4. The van der Waals surface area contributed by atoms with Gasteiger partial charge in [-0.15, -0.1) is 0 Å². The van der Waals surface area contributed by atoms with Gasteiger partial charge in [0, 0.05) is 29.4 Å². The van der Waals surface area contributed by atoms with Crippen LogP contribution in [-0.4, -0.2) is 28.1 Å². The van der Waals surface area contributed by atoms with E-state index in [9.17, 15) is 4.79 Å². The van der Waals surface area contributed by atoms with Crippen LogP contribution in [0.4, 0.5) is 0 Å². The van der Waals surface area contributed by atoms with E-state index in [2.05, 4.69) is 79.9 Å². The highest BCUT2D eigenvalue weighted by atomic mass is 127. The Morgan fingerprint density at radius 2 is 1.76 bits per heavy atom. The number of nitrogens with two attached hydrogens (primary N) is 1. The smallest absolute Gasteiger partial charge is 0.249 e. The molecule has 4 nitrogen and oxygen atoms in total. The van der Waals surface area contributed by atoms with Crippen molar-refractivity contribution in [3.8, 4) is 0 Å². The molecule has 0 heterocycles. The van der Waals surface area contributed by atoms with Crippen LogP contribution in [0.3, 0.4) is 0 Å². The van der Waals surface area contributed by atoms with Crippen LogP contribution in [0.2, 0.25) is 0 Å². The highest BCUT2D eigenvalue weighted by Crippen LogP contribution is 2.29. The third-order valence-electron chi connectivity index (χ3n) is 6.45. The molecule has 1 amide bonds. The molecule has 0 fully saturated rings. The number of nitrogens with one attached hydrogen (secondary N) is 1. The average molecular weight is 576 g/mol. The Balaban J connectivity index is 2.17. The van der Waals surface area contributed by atoms with Crippen molar-refractivity contribution in [2.75, 3.05) is 6.54 Å². The van der Waals surface area contributed by atoms with Crippen LogP contribution in [0.1, 0.15) is 72.6 Å². The largest absolute Gasteiger partial charge is 0.398 e. The standard InChI is InChI=1S/C29H42IN3O/c1-5-7-8-9-10-11-21-32-27(34)26(23-13-12-17-29(4,30)20-15-23)33-22-24-14-18-28(3,6-2)19-16-25(24)31/h12-20,22,26H,5-11,21,31H2,1-4H3,(H,32,34). The van der Waals surface area contributed by atoms with Crippen LogP contribution in [0.25, 0.3) is 0 Å². The quantitative estimate of drug-likeness (QED) is 0.115. The zero-order valence-corrected chi connectivity index (χ0v) is 23.5. The second kappa shape index (κ2) is 13.9. The van der Waals surface area contributed by atoms with E-state index >= 15 is 0 Å². The topological polar surface area (TPSA) is 67.5 Å². The Morgan fingerprint density at radius 1 is 1.06 bits per heavy atom. The van der Waals surface area contributed by atoms with Gasteiger partial charge in [-0.1, -0.05) is 124 Å². The van der Waals surface area contributed by atoms with Crippen molar-refractivity contribution in [2.24, 2.45) is 16.1 Å². The lowest BCUT2D eigenvalue weighted by atomic mass is 9.87. The van der Waals surface area contributed by atoms with E-state index in [0.717, 1.165) is 30.4 Å². The fourth-order valence-electron chi connectivity index (χ4n) is 3.74. The molecule has 3 N–H and O–H groups in total. The highest BCUT2D eigenvalue weighted by Gasteiger charge is 2.23. The van der Waals surface area contributed by atoms with Gasteiger partial charge in [-0.2, -0.15) is 0 Å². The lowest BCUT2D eigenvalue weighted by Gasteiger charge is -2.18. The molecule has 0 aromatic heterocycles. The maximum absolute atomic E-state index is 13.2. The molecule has 0 saturated heterocycles. The van der Waals surface area contributed by atoms with Crippen LogP contribution in [-0.2, 0) is 4.79 Å². The van der Waals surface area contributed by atoms with Gasteiger partial charge in [-0.25, -0.2) is 0 Å². The molecule has 0 spiro atoms. The van der Waals surface area contributed by atoms with E-state index in [1.807, 2.05) is 30.4 Å². The van der Waals surface area contributed by atoms with E-state index in [4.69, 9.17) is 10.7 Å². The predicted molar refractivity (Wildman–Crippen MR) is 155 cm³/mol. The second-order valence-corrected chi connectivity index (χ2v) is 12.0.